The average Bonchev–Trinajstić information content (AvgIpc) is 2.70. The second kappa shape index (κ2) is 3.52. The van der Waals surface area contributed by atoms with Crippen LogP contribution in [0.4, 0.5) is 11.5 Å². The maximum Gasteiger partial charge on any atom is 0.170 e. The van der Waals surface area contributed by atoms with E-state index in [0.29, 0.717) is 23.7 Å². The third kappa shape index (κ3) is 1.47. The lowest BCUT2D eigenvalue weighted by molar-refractivity contribution is 0.166. The van der Waals surface area contributed by atoms with E-state index in [1.165, 1.54) is 6.20 Å². The van der Waals surface area contributed by atoms with E-state index in [2.05, 4.69) is 4.98 Å². The Morgan fingerprint density at radius 3 is 3.14 bits per heavy atom. The Morgan fingerprint density at radius 2 is 2.50 bits per heavy atom. The summed E-state index contributed by atoms with van der Waals surface area (Å²) in [6.07, 6.45) is 2.48. The molecule has 5 heteroatoms. The van der Waals surface area contributed by atoms with Crippen LogP contribution in [0.3, 0.4) is 0 Å². The molecule has 72 valence electrons. The summed E-state index contributed by atoms with van der Waals surface area (Å²) < 4.78 is 0. The van der Waals surface area contributed by atoms with E-state index in [9.17, 15) is 0 Å². The molecule has 0 amide bonds. The second-order valence-corrected chi connectivity index (χ2v) is 3.04. The predicted molar refractivity (Wildman–Crippen MR) is 51.3 cm³/mol. The van der Waals surface area contributed by atoms with Crippen LogP contribution in [0.15, 0.2) is 12.3 Å². The standard InChI is InChI=1S/C9H10N4O/c10-5-7-4-8(11)6-12-9(7)13-2-1-3-14-13/h4,6H,1-3,11H2. The molecule has 1 saturated heterocycles. The van der Waals surface area contributed by atoms with E-state index in [1.807, 2.05) is 6.07 Å². The molecule has 1 aliphatic heterocycles. The molecule has 0 saturated carbocycles. The Bertz CT molecular complexity index is 379. The maximum absolute atomic E-state index is 8.88. The molecular weight excluding hydrogens is 180 g/mol. The van der Waals surface area contributed by atoms with Crippen molar-refractivity contribution in [3.63, 3.8) is 0 Å². The van der Waals surface area contributed by atoms with Crippen molar-refractivity contribution in [3.05, 3.63) is 17.8 Å². The molecule has 0 atom stereocenters. The first-order chi connectivity index (χ1) is 6.81. The minimum atomic E-state index is 0.451. The van der Waals surface area contributed by atoms with Crippen molar-refractivity contribution < 1.29 is 4.84 Å². The highest BCUT2D eigenvalue weighted by atomic mass is 16.7. The molecule has 0 unspecified atom stereocenters. The molecule has 1 aromatic heterocycles. The Labute approximate surface area is 81.7 Å². The molecule has 0 aromatic carbocycles. The Balaban J connectivity index is 2.37. The van der Waals surface area contributed by atoms with Crippen molar-refractivity contribution in [3.8, 4) is 6.07 Å². The number of hydroxylamine groups is 1. The van der Waals surface area contributed by atoms with Crippen molar-refractivity contribution in [2.45, 2.75) is 6.42 Å². The van der Waals surface area contributed by atoms with Gasteiger partial charge in [-0.1, -0.05) is 0 Å². The smallest absolute Gasteiger partial charge is 0.170 e. The zero-order chi connectivity index (χ0) is 9.97. The van der Waals surface area contributed by atoms with Crippen LogP contribution in [0.25, 0.3) is 0 Å². The van der Waals surface area contributed by atoms with Gasteiger partial charge in [0.15, 0.2) is 5.82 Å². The molecule has 0 spiro atoms. The van der Waals surface area contributed by atoms with Crippen LogP contribution in [-0.2, 0) is 4.84 Å². The lowest BCUT2D eigenvalue weighted by Crippen LogP contribution is -2.18. The topological polar surface area (TPSA) is 75.2 Å². The number of nitrogens with two attached hydrogens (primary N) is 1. The minimum Gasteiger partial charge on any atom is -0.397 e. The number of pyridine rings is 1. The van der Waals surface area contributed by atoms with Crippen molar-refractivity contribution in [1.82, 2.24) is 4.98 Å². The summed E-state index contributed by atoms with van der Waals surface area (Å²) >= 11 is 0. The fourth-order valence-corrected chi connectivity index (χ4v) is 1.37. The highest BCUT2D eigenvalue weighted by Crippen LogP contribution is 2.22. The summed E-state index contributed by atoms with van der Waals surface area (Å²) in [6, 6.07) is 3.65. The highest BCUT2D eigenvalue weighted by molar-refractivity contribution is 5.57. The van der Waals surface area contributed by atoms with Crippen LogP contribution in [0.1, 0.15) is 12.0 Å². The molecule has 0 radical (unpaired) electrons. The number of hydrogen-bond acceptors (Lipinski definition) is 5. The van der Waals surface area contributed by atoms with Gasteiger partial charge in [-0.05, 0) is 12.5 Å². The van der Waals surface area contributed by atoms with Crippen LogP contribution in [0.5, 0.6) is 0 Å². The van der Waals surface area contributed by atoms with Gasteiger partial charge in [0, 0.05) is 6.54 Å². The minimum absolute atomic E-state index is 0.451. The van der Waals surface area contributed by atoms with Crippen molar-refractivity contribution in [2.75, 3.05) is 23.9 Å². The lowest BCUT2D eigenvalue weighted by atomic mass is 10.2. The first kappa shape index (κ1) is 8.78. The van der Waals surface area contributed by atoms with Gasteiger partial charge in [0.2, 0.25) is 0 Å². The zero-order valence-electron chi connectivity index (χ0n) is 7.60. The van der Waals surface area contributed by atoms with Crippen LogP contribution < -0.4 is 10.8 Å². The second-order valence-electron chi connectivity index (χ2n) is 3.04. The molecule has 0 aliphatic carbocycles. The Morgan fingerprint density at radius 1 is 1.64 bits per heavy atom. The predicted octanol–water partition coefficient (Wildman–Crippen LogP) is 0.677. The number of anilines is 2. The lowest BCUT2D eigenvalue weighted by Gasteiger charge is -2.15. The van der Waals surface area contributed by atoms with Gasteiger partial charge in [-0.2, -0.15) is 5.26 Å². The van der Waals surface area contributed by atoms with Crippen molar-refractivity contribution >= 4 is 11.5 Å². The number of nitrogens with zero attached hydrogens (tertiary/aromatic N) is 3. The fraction of sp³-hybridized carbons (Fsp3) is 0.333. The van der Waals surface area contributed by atoms with Crippen molar-refractivity contribution in [1.29, 1.82) is 5.26 Å². The quantitative estimate of drug-likeness (QED) is 0.704. The van der Waals surface area contributed by atoms with E-state index in [-0.39, 0.29) is 0 Å². The molecule has 2 N–H and O–H groups in total. The number of rotatable bonds is 1. The first-order valence-corrected chi connectivity index (χ1v) is 4.37. The summed E-state index contributed by atoms with van der Waals surface area (Å²) in [7, 11) is 0. The zero-order valence-corrected chi connectivity index (χ0v) is 7.60. The fourth-order valence-electron chi connectivity index (χ4n) is 1.37. The summed E-state index contributed by atoms with van der Waals surface area (Å²) in [6.45, 7) is 1.45. The Kier molecular flexibility index (Phi) is 2.21. The molecule has 2 rings (SSSR count). The molecule has 0 bridgehead atoms. The first-order valence-electron chi connectivity index (χ1n) is 4.37. The van der Waals surface area contributed by atoms with E-state index in [0.717, 1.165) is 13.0 Å². The summed E-state index contributed by atoms with van der Waals surface area (Å²) in [5.74, 6) is 0.555. The summed E-state index contributed by atoms with van der Waals surface area (Å²) in [5, 5.41) is 10.5. The van der Waals surface area contributed by atoms with E-state index in [4.69, 9.17) is 15.8 Å². The van der Waals surface area contributed by atoms with E-state index < -0.39 is 0 Å². The van der Waals surface area contributed by atoms with E-state index >= 15 is 0 Å². The maximum atomic E-state index is 8.88. The molecule has 2 heterocycles. The van der Waals surface area contributed by atoms with Crippen LogP contribution in [-0.4, -0.2) is 18.1 Å². The third-order valence-corrected chi connectivity index (χ3v) is 2.00. The van der Waals surface area contributed by atoms with Crippen LogP contribution in [0.2, 0.25) is 0 Å². The van der Waals surface area contributed by atoms with Gasteiger partial charge in [-0.15, -0.1) is 0 Å². The molecule has 1 fully saturated rings. The van der Waals surface area contributed by atoms with Gasteiger partial charge in [-0.3, -0.25) is 4.84 Å². The SMILES string of the molecule is N#Cc1cc(N)cnc1N1CCCO1. The van der Waals surface area contributed by atoms with Crippen LogP contribution >= 0.6 is 0 Å². The largest absolute Gasteiger partial charge is 0.397 e. The van der Waals surface area contributed by atoms with Crippen molar-refractivity contribution in [2.24, 2.45) is 0 Å². The highest BCUT2D eigenvalue weighted by Gasteiger charge is 2.18. The number of hydrogen-bond donors (Lipinski definition) is 1. The summed E-state index contributed by atoms with van der Waals surface area (Å²) in [4.78, 5) is 9.38. The van der Waals surface area contributed by atoms with Gasteiger partial charge in [0.25, 0.3) is 0 Å². The number of aromatic nitrogens is 1. The third-order valence-electron chi connectivity index (χ3n) is 2.00. The van der Waals surface area contributed by atoms with Gasteiger partial charge in [0.1, 0.15) is 6.07 Å². The molecule has 5 nitrogen and oxygen atoms in total. The average molecular weight is 190 g/mol. The molecule has 14 heavy (non-hydrogen) atoms. The van der Waals surface area contributed by atoms with Crippen LogP contribution in [0, 0.1) is 11.3 Å². The van der Waals surface area contributed by atoms with Gasteiger partial charge in [-0.25, -0.2) is 10.0 Å². The number of nitriles is 1. The Hall–Kier alpha value is -1.80. The molecule has 1 aromatic rings. The number of nitrogen functional groups attached to an aromatic ring is 1. The monoisotopic (exact) mass is 190 g/mol. The molecule has 1 aliphatic rings. The van der Waals surface area contributed by atoms with Gasteiger partial charge in [0.05, 0.1) is 24.1 Å². The van der Waals surface area contributed by atoms with E-state index in [1.54, 1.807) is 11.1 Å². The van der Waals surface area contributed by atoms with Gasteiger partial charge < -0.3 is 5.73 Å². The normalized spacial score (nSPS) is 15.5. The summed E-state index contributed by atoms with van der Waals surface area (Å²) in [5.41, 5.74) is 6.47. The van der Waals surface area contributed by atoms with Gasteiger partial charge >= 0.3 is 0 Å². The molecular formula is C9H10N4O.